The molecule has 18 heavy (non-hydrogen) atoms. The summed E-state index contributed by atoms with van der Waals surface area (Å²) in [7, 11) is 0. The summed E-state index contributed by atoms with van der Waals surface area (Å²) in [5.41, 5.74) is 1.10. The quantitative estimate of drug-likeness (QED) is 0.845. The largest absolute Gasteiger partial charge is 0.319 e. The number of halogens is 2. The number of anilines is 1. The van der Waals surface area contributed by atoms with Crippen molar-refractivity contribution >= 4 is 23.2 Å². The zero-order chi connectivity index (χ0) is 13.1. The van der Waals surface area contributed by atoms with Crippen LogP contribution < -0.4 is 5.32 Å². The first-order valence-electron chi connectivity index (χ1n) is 5.26. The lowest BCUT2D eigenvalue weighted by Crippen LogP contribution is -2.13. The van der Waals surface area contributed by atoms with Gasteiger partial charge in [0.25, 0.3) is 5.91 Å². The highest BCUT2D eigenvalue weighted by Gasteiger charge is 2.10. The van der Waals surface area contributed by atoms with Gasteiger partial charge in [-0.3, -0.25) is 4.79 Å². The molecule has 1 aromatic carbocycles. The molecule has 0 aliphatic rings. The Morgan fingerprint density at radius 3 is 2.72 bits per heavy atom. The lowest BCUT2D eigenvalue weighted by atomic mass is 10.2. The highest BCUT2D eigenvalue weighted by Crippen LogP contribution is 2.16. The standard InChI is InChI=1S/C13H10ClFN2O/c1-8-6-9(7-12(14)16-8)13(18)17-11-5-3-2-4-10(11)15/h2-7H,1H3,(H,17,18). The third kappa shape index (κ3) is 2.84. The number of benzene rings is 1. The van der Waals surface area contributed by atoms with Gasteiger partial charge in [-0.1, -0.05) is 23.7 Å². The summed E-state index contributed by atoms with van der Waals surface area (Å²) in [6.07, 6.45) is 0. The van der Waals surface area contributed by atoms with E-state index in [2.05, 4.69) is 10.3 Å². The molecule has 92 valence electrons. The minimum Gasteiger partial charge on any atom is -0.319 e. The van der Waals surface area contributed by atoms with Crippen molar-refractivity contribution in [3.63, 3.8) is 0 Å². The summed E-state index contributed by atoms with van der Waals surface area (Å²) in [5.74, 6) is -0.907. The fourth-order valence-electron chi connectivity index (χ4n) is 1.52. The van der Waals surface area contributed by atoms with E-state index in [-0.39, 0.29) is 10.8 Å². The molecule has 0 bridgehead atoms. The van der Waals surface area contributed by atoms with E-state index in [0.29, 0.717) is 11.3 Å². The van der Waals surface area contributed by atoms with Gasteiger partial charge in [-0.05, 0) is 31.2 Å². The summed E-state index contributed by atoms with van der Waals surface area (Å²) in [4.78, 5) is 15.9. The Morgan fingerprint density at radius 2 is 2.06 bits per heavy atom. The molecule has 0 fully saturated rings. The smallest absolute Gasteiger partial charge is 0.255 e. The van der Waals surface area contributed by atoms with Gasteiger partial charge >= 0.3 is 0 Å². The number of carbonyl (C=O) groups excluding carboxylic acids is 1. The lowest BCUT2D eigenvalue weighted by molar-refractivity contribution is 0.102. The number of pyridine rings is 1. The van der Waals surface area contributed by atoms with Crippen LogP contribution in [0.15, 0.2) is 36.4 Å². The Bertz CT molecular complexity index is 581. The lowest BCUT2D eigenvalue weighted by Gasteiger charge is -2.07. The Kier molecular flexibility index (Phi) is 3.58. The molecule has 1 amide bonds. The zero-order valence-electron chi connectivity index (χ0n) is 9.58. The Labute approximate surface area is 109 Å². The Morgan fingerprint density at radius 1 is 1.33 bits per heavy atom. The predicted octanol–water partition coefficient (Wildman–Crippen LogP) is 3.43. The van der Waals surface area contributed by atoms with E-state index in [1.165, 1.54) is 18.2 Å². The summed E-state index contributed by atoms with van der Waals surface area (Å²) >= 11 is 5.76. The monoisotopic (exact) mass is 264 g/mol. The highest BCUT2D eigenvalue weighted by atomic mass is 35.5. The molecular formula is C13H10ClFN2O. The molecule has 1 aromatic heterocycles. The van der Waals surface area contributed by atoms with Gasteiger partial charge < -0.3 is 5.32 Å². The molecule has 1 heterocycles. The molecule has 0 radical (unpaired) electrons. The number of carbonyl (C=O) groups is 1. The molecule has 0 saturated heterocycles. The fraction of sp³-hybridized carbons (Fsp3) is 0.0769. The number of rotatable bonds is 2. The van der Waals surface area contributed by atoms with Crippen LogP contribution >= 0.6 is 11.6 Å². The molecule has 0 unspecified atom stereocenters. The summed E-state index contributed by atoms with van der Waals surface area (Å²) in [6, 6.07) is 8.98. The third-order valence-electron chi connectivity index (χ3n) is 2.31. The van der Waals surface area contributed by atoms with Gasteiger partial charge in [-0.15, -0.1) is 0 Å². The number of hydrogen-bond donors (Lipinski definition) is 1. The molecular weight excluding hydrogens is 255 g/mol. The average Bonchev–Trinajstić information content (AvgIpc) is 2.31. The topological polar surface area (TPSA) is 42.0 Å². The van der Waals surface area contributed by atoms with Crippen molar-refractivity contribution in [2.45, 2.75) is 6.92 Å². The second kappa shape index (κ2) is 5.14. The van der Waals surface area contributed by atoms with Crippen molar-refractivity contribution in [1.82, 2.24) is 4.98 Å². The minimum atomic E-state index is -0.484. The maximum Gasteiger partial charge on any atom is 0.255 e. The van der Waals surface area contributed by atoms with Crippen molar-refractivity contribution < 1.29 is 9.18 Å². The molecule has 0 atom stereocenters. The molecule has 0 saturated carbocycles. The van der Waals surface area contributed by atoms with E-state index in [4.69, 9.17) is 11.6 Å². The molecule has 2 aromatic rings. The van der Waals surface area contributed by atoms with Gasteiger partial charge in [0.05, 0.1) is 5.69 Å². The summed E-state index contributed by atoms with van der Waals surface area (Å²) in [5, 5.41) is 2.71. The van der Waals surface area contributed by atoms with E-state index in [1.54, 1.807) is 25.1 Å². The van der Waals surface area contributed by atoms with Gasteiger partial charge in [-0.2, -0.15) is 0 Å². The molecule has 3 nitrogen and oxygen atoms in total. The molecule has 1 N–H and O–H groups in total. The number of hydrogen-bond acceptors (Lipinski definition) is 2. The molecule has 5 heteroatoms. The van der Waals surface area contributed by atoms with Gasteiger partial charge in [-0.25, -0.2) is 9.37 Å². The normalized spacial score (nSPS) is 10.2. The molecule has 2 rings (SSSR count). The van der Waals surface area contributed by atoms with Crippen LogP contribution in [0, 0.1) is 12.7 Å². The van der Waals surface area contributed by atoms with Gasteiger partial charge in [0.15, 0.2) is 0 Å². The van der Waals surface area contributed by atoms with E-state index in [9.17, 15) is 9.18 Å². The van der Waals surface area contributed by atoms with Gasteiger partial charge in [0.2, 0.25) is 0 Å². The number of aromatic nitrogens is 1. The van der Waals surface area contributed by atoms with Crippen LogP contribution in [0.1, 0.15) is 16.1 Å². The zero-order valence-corrected chi connectivity index (χ0v) is 10.3. The number of nitrogens with one attached hydrogen (secondary N) is 1. The number of para-hydroxylation sites is 1. The van der Waals surface area contributed by atoms with E-state index < -0.39 is 11.7 Å². The summed E-state index contributed by atoms with van der Waals surface area (Å²) in [6.45, 7) is 1.73. The van der Waals surface area contributed by atoms with Crippen molar-refractivity contribution in [2.24, 2.45) is 0 Å². The predicted molar refractivity (Wildman–Crippen MR) is 68.3 cm³/mol. The van der Waals surface area contributed by atoms with E-state index in [1.807, 2.05) is 0 Å². The van der Waals surface area contributed by atoms with Gasteiger partial charge in [0, 0.05) is 11.3 Å². The molecule has 0 aliphatic heterocycles. The number of amides is 1. The first kappa shape index (κ1) is 12.5. The van der Waals surface area contributed by atoms with Crippen LogP contribution in [0.2, 0.25) is 5.15 Å². The van der Waals surface area contributed by atoms with Crippen molar-refractivity contribution in [3.8, 4) is 0 Å². The molecule has 0 spiro atoms. The third-order valence-corrected chi connectivity index (χ3v) is 2.50. The minimum absolute atomic E-state index is 0.132. The van der Waals surface area contributed by atoms with Crippen LogP contribution in [0.4, 0.5) is 10.1 Å². The first-order valence-corrected chi connectivity index (χ1v) is 5.64. The number of aryl methyl sites for hydroxylation is 1. The first-order chi connectivity index (χ1) is 8.56. The SMILES string of the molecule is Cc1cc(C(=O)Nc2ccccc2F)cc(Cl)n1. The van der Waals surface area contributed by atoms with Gasteiger partial charge in [0.1, 0.15) is 11.0 Å². The van der Waals surface area contributed by atoms with Crippen molar-refractivity contribution in [3.05, 3.63) is 58.6 Å². The average molecular weight is 265 g/mol. The van der Waals surface area contributed by atoms with Crippen LogP contribution in [-0.2, 0) is 0 Å². The van der Waals surface area contributed by atoms with Crippen LogP contribution in [0.25, 0.3) is 0 Å². The van der Waals surface area contributed by atoms with E-state index in [0.717, 1.165) is 0 Å². The fourth-order valence-corrected chi connectivity index (χ4v) is 1.77. The van der Waals surface area contributed by atoms with E-state index >= 15 is 0 Å². The summed E-state index contributed by atoms with van der Waals surface area (Å²) < 4.78 is 13.4. The highest BCUT2D eigenvalue weighted by molar-refractivity contribution is 6.29. The Balaban J connectivity index is 2.25. The Hall–Kier alpha value is -1.94. The maximum absolute atomic E-state index is 13.4. The van der Waals surface area contributed by atoms with Crippen molar-refractivity contribution in [1.29, 1.82) is 0 Å². The second-order valence-electron chi connectivity index (χ2n) is 3.75. The van der Waals surface area contributed by atoms with Crippen molar-refractivity contribution in [2.75, 3.05) is 5.32 Å². The molecule has 0 aliphatic carbocycles. The van der Waals surface area contributed by atoms with Crippen LogP contribution in [-0.4, -0.2) is 10.9 Å². The second-order valence-corrected chi connectivity index (χ2v) is 4.14. The van der Waals surface area contributed by atoms with Crippen LogP contribution in [0.3, 0.4) is 0 Å². The van der Waals surface area contributed by atoms with Crippen LogP contribution in [0.5, 0.6) is 0 Å². The maximum atomic E-state index is 13.4. The number of nitrogens with zero attached hydrogens (tertiary/aromatic N) is 1.